The highest BCUT2D eigenvalue weighted by Gasteiger charge is 2.38. The summed E-state index contributed by atoms with van der Waals surface area (Å²) < 4.78 is 54.5. The molecule has 4 rings (SSSR count). The van der Waals surface area contributed by atoms with Crippen molar-refractivity contribution in [1.29, 1.82) is 0 Å². The molecule has 1 aliphatic heterocycles. The Labute approximate surface area is 214 Å². The van der Waals surface area contributed by atoms with E-state index in [9.17, 15) is 18.0 Å². The number of carbonyl (C=O) groups excluding carboxylic acids is 1. The molecule has 7 nitrogen and oxygen atoms in total. The van der Waals surface area contributed by atoms with E-state index < -0.39 is 35.6 Å². The van der Waals surface area contributed by atoms with Crippen LogP contribution in [0.15, 0.2) is 54.7 Å². The summed E-state index contributed by atoms with van der Waals surface area (Å²) in [4.78, 5) is 14.7. The summed E-state index contributed by atoms with van der Waals surface area (Å²) in [5, 5.41) is 7.62. The second-order valence-electron chi connectivity index (χ2n) is 10.2. The molecule has 198 valence electrons. The molecule has 0 saturated carbocycles. The van der Waals surface area contributed by atoms with E-state index in [1.165, 1.54) is 10.9 Å². The van der Waals surface area contributed by atoms with Gasteiger partial charge in [-0.15, -0.1) is 5.10 Å². The first-order valence-corrected chi connectivity index (χ1v) is 12.1. The first-order chi connectivity index (χ1) is 17.4. The van der Waals surface area contributed by atoms with Crippen LogP contribution < -0.4 is 0 Å². The molecule has 10 heteroatoms. The van der Waals surface area contributed by atoms with Crippen molar-refractivity contribution < 1.29 is 27.4 Å². The number of likely N-dealkylation sites (tertiary alicyclic amines) is 1. The van der Waals surface area contributed by atoms with Crippen LogP contribution in [0.25, 0.3) is 11.3 Å². The molecule has 1 fully saturated rings. The summed E-state index contributed by atoms with van der Waals surface area (Å²) in [6.07, 6.45) is -2.65. The predicted molar refractivity (Wildman–Crippen MR) is 131 cm³/mol. The first kappa shape index (κ1) is 26.7. The number of carbonyl (C=O) groups is 1. The normalized spacial score (nSPS) is 18.6. The lowest BCUT2D eigenvalue weighted by Crippen LogP contribution is -2.47. The summed E-state index contributed by atoms with van der Waals surface area (Å²) >= 11 is 0. The minimum absolute atomic E-state index is 0.0572. The summed E-state index contributed by atoms with van der Waals surface area (Å²) in [6.45, 7) is 5.87. The molecule has 2 heterocycles. The van der Waals surface area contributed by atoms with Gasteiger partial charge < -0.3 is 9.47 Å². The molecule has 0 radical (unpaired) electrons. The van der Waals surface area contributed by atoms with Crippen LogP contribution in [0.1, 0.15) is 56.3 Å². The van der Waals surface area contributed by atoms with E-state index in [1.807, 2.05) is 51.1 Å². The highest BCUT2D eigenvalue weighted by Crippen LogP contribution is 2.37. The molecule has 3 aromatic rings. The number of aryl methyl sites for hydroxylation is 1. The quantitative estimate of drug-likeness (QED) is 0.406. The molecular formula is C27H31F3N4O3. The van der Waals surface area contributed by atoms with Crippen LogP contribution in [0.4, 0.5) is 18.0 Å². The first-order valence-electron chi connectivity index (χ1n) is 12.1. The third kappa shape index (κ3) is 6.49. The van der Waals surface area contributed by atoms with E-state index in [0.29, 0.717) is 36.2 Å². The fourth-order valence-electron chi connectivity index (χ4n) is 4.55. The zero-order chi connectivity index (χ0) is 26.8. The van der Waals surface area contributed by atoms with Crippen LogP contribution in [0.3, 0.4) is 0 Å². The number of ether oxygens (including phenoxy) is 2. The molecule has 0 spiro atoms. The topological polar surface area (TPSA) is 69.5 Å². The van der Waals surface area contributed by atoms with Crippen molar-refractivity contribution >= 4 is 6.09 Å². The van der Waals surface area contributed by atoms with Gasteiger partial charge in [0.1, 0.15) is 5.60 Å². The lowest BCUT2D eigenvalue weighted by atomic mass is 9.92. The van der Waals surface area contributed by atoms with Gasteiger partial charge in [0, 0.05) is 19.2 Å². The molecule has 1 amide bonds. The van der Waals surface area contributed by atoms with Crippen molar-refractivity contribution in [2.24, 2.45) is 7.05 Å². The van der Waals surface area contributed by atoms with Gasteiger partial charge in [-0.05, 0) is 62.9 Å². The van der Waals surface area contributed by atoms with Gasteiger partial charge in [0.15, 0.2) is 0 Å². The Morgan fingerprint density at radius 1 is 1.11 bits per heavy atom. The van der Waals surface area contributed by atoms with E-state index in [2.05, 4.69) is 10.3 Å². The van der Waals surface area contributed by atoms with E-state index in [1.54, 1.807) is 18.0 Å². The Morgan fingerprint density at radius 3 is 2.46 bits per heavy atom. The Bertz CT molecular complexity index is 1220. The second-order valence-corrected chi connectivity index (χ2v) is 10.2. The number of halogens is 3. The fraction of sp³-hybridized carbons (Fsp3) is 0.444. The molecular weight excluding hydrogens is 485 g/mol. The highest BCUT2D eigenvalue weighted by atomic mass is 19.4. The number of hydrogen-bond acceptors (Lipinski definition) is 5. The molecule has 1 aromatic heterocycles. The number of amides is 1. The van der Waals surface area contributed by atoms with Gasteiger partial charge in [0.25, 0.3) is 0 Å². The largest absolute Gasteiger partial charge is 0.444 e. The average Bonchev–Trinajstić information content (AvgIpc) is 3.27. The van der Waals surface area contributed by atoms with Crippen LogP contribution in [0, 0.1) is 0 Å². The van der Waals surface area contributed by atoms with Crippen LogP contribution in [-0.2, 0) is 29.3 Å². The lowest BCUT2D eigenvalue weighted by Gasteiger charge is -2.41. The number of piperidine rings is 1. The minimum Gasteiger partial charge on any atom is -0.444 e. The van der Waals surface area contributed by atoms with Crippen molar-refractivity contribution in [3.63, 3.8) is 0 Å². The Hall–Kier alpha value is -3.40. The van der Waals surface area contributed by atoms with E-state index >= 15 is 0 Å². The maximum Gasteiger partial charge on any atom is 0.416 e. The second kappa shape index (κ2) is 10.5. The molecule has 0 aliphatic carbocycles. The molecule has 37 heavy (non-hydrogen) atoms. The third-order valence-corrected chi connectivity index (χ3v) is 6.14. The monoisotopic (exact) mass is 516 g/mol. The maximum absolute atomic E-state index is 13.7. The number of benzene rings is 2. The molecule has 1 aliphatic rings. The van der Waals surface area contributed by atoms with Crippen LogP contribution in [0.2, 0.25) is 0 Å². The Kier molecular flexibility index (Phi) is 7.59. The van der Waals surface area contributed by atoms with Crippen molar-refractivity contribution in [2.75, 3.05) is 6.54 Å². The fourth-order valence-corrected chi connectivity index (χ4v) is 4.55. The summed E-state index contributed by atoms with van der Waals surface area (Å²) in [5.41, 5.74) is 0.614. The van der Waals surface area contributed by atoms with Gasteiger partial charge in [-0.3, -0.25) is 4.90 Å². The molecule has 0 N–H and O–H groups in total. The maximum atomic E-state index is 13.7. The zero-order valence-electron chi connectivity index (χ0n) is 21.3. The summed E-state index contributed by atoms with van der Waals surface area (Å²) in [5.74, 6) is 0. The van der Waals surface area contributed by atoms with E-state index in [4.69, 9.17) is 9.47 Å². The smallest absolute Gasteiger partial charge is 0.416 e. The SMILES string of the molecule is Cn1nncc1-c1cc(COC2CCCN(C(=O)OC(C)(C)C)C2c2ccccc2)cc(C(F)(F)F)c1. The van der Waals surface area contributed by atoms with E-state index in [0.717, 1.165) is 17.7 Å². The van der Waals surface area contributed by atoms with Crippen LogP contribution >= 0.6 is 0 Å². The molecule has 1 saturated heterocycles. The van der Waals surface area contributed by atoms with Crippen molar-refractivity contribution in [1.82, 2.24) is 19.9 Å². The van der Waals surface area contributed by atoms with Crippen LogP contribution in [0.5, 0.6) is 0 Å². The number of hydrogen-bond donors (Lipinski definition) is 0. The molecule has 0 bridgehead atoms. The zero-order valence-corrected chi connectivity index (χ0v) is 21.3. The van der Waals surface area contributed by atoms with E-state index in [-0.39, 0.29) is 6.61 Å². The van der Waals surface area contributed by atoms with Crippen molar-refractivity contribution in [3.8, 4) is 11.3 Å². The van der Waals surface area contributed by atoms with Crippen LogP contribution in [-0.4, -0.2) is 44.2 Å². The van der Waals surface area contributed by atoms with Gasteiger partial charge in [-0.25, -0.2) is 9.48 Å². The van der Waals surface area contributed by atoms with Gasteiger partial charge in [-0.2, -0.15) is 13.2 Å². The van der Waals surface area contributed by atoms with Crippen molar-refractivity contribution in [2.45, 2.75) is 64.1 Å². The Balaban J connectivity index is 1.63. The van der Waals surface area contributed by atoms with Crippen molar-refractivity contribution in [3.05, 3.63) is 71.4 Å². The Morgan fingerprint density at radius 2 is 1.84 bits per heavy atom. The van der Waals surface area contributed by atoms with Gasteiger partial charge >= 0.3 is 12.3 Å². The average molecular weight is 517 g/mol. The van der Waals surface area contributed by atoms with Gasteiger partial charge in [-0.1, -0.05) is 35.5 Å². The number of rotatable bonds is 5. The minimum atomic E-state index is -4.53. The van der Waals surface area contributed by atoms with Gasteiger partial charge in [0.2, 0.25) is 0 Å². The standard InChI is InChI=1S/C27H31F3N4O3/c1-26(2,3)37-25(35)34-12-8-11-23(24(34)19-9-6-5-7-10-19)36-17-18-13-20(22-16-31-32-33(22)4)15-21(14-18)27(28,29)30/h5-7,9-10,13-16,23-24H,8,11-12,17H2,1-4H3. The number of aromatic nitrogens is 3. The third-order valence-electron chi connectivity index (χ3n) is 6.14. The molecule has 2 atom stereocenters. The molecule has 2 unspecified atom stereocenters. The predicted octanol–water partition coefficient (Wildman–Crippen LogP) is 6.16. The lowest BCUT2D eigenvalue weighted by molar-refractivity contribution is -0.137. The summed E-state index contributed by atoms with van der Waals surface area (Å²) in [6, 6.07) is 12.9. The number of nitrogens with zero attached hydrogens (tertiary/aromatic N) is 4. The number of alkyl halides is 3. The van der Waals surface area contributed by atoms with Gasteiger partial charge in [0.05, 0.1) is 36.2 Å². The highest BCUT2D eigenvalue weighted by molar-refractivity contribution is 5.69. The molecule has 2 aromatic carbocycles. The summed E-state index contributed by atoms with van der Waals surface area (Å²) in [7, 11) is 1.62.